The first-order chi connectivity index (χ1) is 11.0. The van der Waals surface area contributed by atoms with Gasteiger partial charge in [-0.05, 0) is 48.3 Å². The van der Waals surface area contributed by atoms with Crippen LogP contribution < -0.4 is 4.74 Å². The average Bonchev–Trinajstić information content (AvgIpc) is 2.45. The number of nitrogens with zero attached hydrogens (tertiary/aromatic N) is 1. The van der Waals surface area contributed by atoms with E-state index in [4.69, 9.17) is 4.74 Å². The zero-order valence-electron chi connectivity index (χ0n) is 15.8. The monoisotopic (exact) mass is 349 g/mol. The zero-order chi connectivity index (χ0) is 18.1. The van der Waals surface area contributed by atoms with Gasteiger partial charge in [0.15, 0.2) is 0 Å². The molecule has 1 aliphatic rings. The second-order valence-electron chi connectivity index (χ2n) is 9.26. The van der Waals surface area contributed by atoms with E-state index in [1.165, 1.54) is 25.0 Å². The molecule has 0 aromatic heterocycles. The lowest BCUT2D eigenvalue weighted by molar-refractivity contribution is -0.384. The fraction of sp³-hybridized carbons (Fsp3) is 0.684. The molecule has 0 saturated heterocycles. The molecule has 0 bridgehead atoms. The Morgan fingerprint density at radius 3 is 2.17 bits per heavy atom. The van der Waals surface area contributed by atoms with Gasteiger partial charge in [0.25, 0.3) is 5.69 Å². The summed E-state index contributed by atoms with van der Waals surface area (Å²) in [5.41, 5.74) is 1.04. The van der Waals surface area contributed by atoms with Crippen molar-refractivity contribution in [2.24, 2.45) is 11.3 Å². The van der Waals surface area contributed by atoms with Crippen LogP contribution >= 0.6 is 0 Å². The number of hydrogen-bond donors (Lipinski definition) is 0. The number of rotatable bonds is 4. The third kappa shape index (κ3) is 4.59. The molecule has 134 valence electrons. The van der Waals surface area contributed by atoms with Crippen LogP contribution in [-0.2, 0) is 0 Å². The maximum atomic E-state index is 10.8. The molecule has 0 aliphatic heterocycles. The summed E-state index contributed by atoms with van der Waals surface area (Å²) < 4.78 is 6.37. The van der Waals surface area contributed by atoms with Gasteiger partial charge in [0.1, 0.15) is 5.75 Å². The van der Waals surface area contributed by atoms with Gasteiger partial charge in [-0.15, -0.1) is 0 Å². The molecule has 0 amide bonds. The SMILES string of the molecule is CC(C)(C)[C@H]1CC[C@@H]([Si](C)(C)C)[C@H](Oc2ccc([N+](=O)[O-])cc2)C1. The highest BCUT2D eigenvalue weighted by Gasteiger charge is 2.42. The van der Waals surface area contributed by atoms with Crippen LogP contribution in [0, 0.1) is 21.4 Å². The van der Waals surface area contributed by atoms with Gasteiger partial charge in [0, 0.05) is 12.1 Å². The van der Waals surface area contributed by atoms with E-state index >= 15 is 0 Å². The third-order valence-electron chi connectivity index (χ3n) is 5.46. The number of non-ortho nitro benzene ring substituents is 1. The van der Waals surface area contributed by atoms with E-state index in [2.05, 4.69) is 40.4 Å². The van der Waals surface area contributed by atoms with Gasteiger partial charge in [-0.3, -0.25) is 10.1 Å². The quantitative estimate of drug-likeness (QED) is 0.386. The molecule has 0 radical (unpaired) electrons. The highest BCUT2D eigenvalue weighted by molar-refractivity contribution is 6.77. The third-order valence-corrected chi connectivity index (χ3v) is 8.35. The summed E-state index contributed by atoms with van der Waals surface area (Å²) in [5.74, 6) is 1.41. The summed E-state index contributed by atoms with van der Waals surface area (Å²) in [4.78, 5) is 10.4. The molecule has 2 rings (SSSR count). The second-order valence-corrected chi connectivity index (χ2v) is 14.7. The van der Waals surface area contributed by atoms with E-state index in [1.54, 1.807) is 12.1 Å². The predicted octanol–water partition coefficient (Wildman–Crippen LogP) is 5.90. The minimum Gasteiger partial charge on any atom is -0.490 e. The number of hydrogen-bond acceptors (Lipinski definition) is 3. The largest absolute Gasteiger partial charge is 0.490 e. The van der Waals surface area contributed by atoms with Crippen molar-refractivity contribution in [3.63, 3.8) is 0 Å². The molecule has 0 unspecified atom stereocenters. The summed E-state index contributed by atoms with van der Waals surface area (Å²) in [5, 5.41) is 10.8. The molecule has 1 aliphatic carbocycles. The van der Waals surface area contributed by atoms with Gasteiger partial charge in [-0.25, -0.2) is 0 Å². The van der Waals surface area contributed by atoms with Crippen molar-refractivity contribution in [2.75, 3.05) is 0 Å². The van der Waals surface area contributed by atoms with Gasteiger partial charge >= 0.3 is 0 Å². The second kappa shape index (κ2) is 6.87. The van der Waals surface area contributed by atoms with Crippen LogP contribution in [0.1, 0.15) is 40.0 Å². The van der Waals surface area contributed by atoms with Crippen LogP contribution in [0.2, 0.25) is 25.2 Å². The summed E-state index contributed by atoms with van der Waals surface area (Å²) in [6.07, 6.45) is 3.81. The number of benzene rings is 1. The first kappa shape index (κ1) is 19.0. The fourth-order valence-corrected chi connectivity index (χ4v) is 6.21. The first-order valence-electron chi connectivity index (χ1n) is 8.89. The van der Waals surface area contributed by atoms with Gasteiger partial charge < -0.3 is 4.74 Å². The summed E-state index contributed by atoms with van der Waals surface area (Å²) in [6, 6.07) is 6.53. The lowest BCUT2D eigenvalue weighted by atomic mass is 9.71. The van der Waals surface area contributed by atoms with Crippen molar-refractivity contribution in [3.8, 4) is 5.75 Å². The normalized spacial score (nSPS) is 25.3. The van der Waals surface area contributed by atoms with Crippen LogP contribution in [0.5, 0.6) is 5.75 Å². The highest BCUT2D eigenvalue weighted by atomic mass is 28.3. The van der Waals surface area contributed by atoms with E-state index < -0.39 is 8.07 Å². The van der Waals surface area contributed by atoms with Crippen LogP contribution in [0.4, 0.5) is 5.69 Å². The number of nitro groups is 1. The fourth-order valence-electron chi connectivity index (χ4n) is 3.86. The van der Waals surface area contributed by atoms with Crippen LogP contribution in [0.25, 0.3) is 0 Å². The number of ether oxygens (including phenoxy) is 1. The van der Waals surface area contributed by atoms with E-state index in [0.29, 0.717) is 16.9 Å². The van der Waals surface area contributed by atoms with Gasteiger partial charge in [-0.2, -0.15) is 0 Å². The molecule has 5 heteroatoms. The lowest BCUT2D eigenvalue weighted by Crippen LogP contribution is -2.45. The molecule has 24 heavy (non-hydrogen) atoms. The standard InChI is InChI=1S/C19H31NO3Si/c1-19(2,3)14-7-12-18(24(4,5)6)17(13-14)23-16-10-8-15(9-11-16)20(21)22/h8-11,14,17-18H,7,12-13H2,1-6H3/t14-,17+,18+/m0/s1. The van der Waals surface area contributed by atoms with E-state index in [-0.39, 0.29) is 16.7 Å². The van der Waals surface area contributed by atoms with Crippen molar-refractivity contribution < 1.29 is 9.66 Å². The Morgan fingerprint density at radius 1 is 1.12 bits per heavy atom. The highest BCUT2D eigenvalue weighted by Crippen LogP contribution is 2.46. The minimum absolute atomic E-state index is 0.111. The van der Waals surface area contributed by atoms with Gasteiger partial charge in [0.2, 0.25) is 0 Å². The predicted molar refractivity (Wildman–Crippen MR) is 101 cm³/mol. The van der Waals surface area contributed by atoms with Crippen molar-refractivity contribution in [1.82, 2.24) is 0 Å². The molecule has 1 fully saturated rings. The smallest absolute Gasteiger partial charge is 0.269 e. The Kier molecular flexibility index (Phi) is 5.43. The first-order valence-corrected chi connectivity index (χ1v) is 12.5. The molecule has 1 aromatic rings. The van der Waals surface area contributed by atoms with Gasteiger partial charge in [-0.1, -0.05) is 40.4 Å². The maximum absolute atomic E-state index is 10.8. The van der Waals surface area contributed by atoms with E-state index in [9.17, 15) is 10.1 Å². The van der Waals surface area contributed by atoms with Crippen LogP contribution in [0.3, 0.4) is 0 Å². The molecular formula is C19H31NO3Si. The van der Waals surface area contributed by atoms with Crippen LogP contribution in [-0.4, -0.2) is 19.1 Å². The molecule has 3 atom stereocenters. The molecule has 1 aromatic carbocycles. The molecule has 0 N–H and O–H groups in total. The summed E-state index contributed by atoms with van der Waals surface area (Å²) in [6.45, 7) is 14.2. The van der Waals surface area contributed by atoms with Crippen molar-refractivity contribution in [3.05, 3.63) is 34.4 Å². The lowest BCUT2D eigenvalue weighted by Gasteiger charge is -2.45. The summed E-state index contributed by atoms with van der Waals surface area (Å²) >= 11 is 0. The van der Waals surface area contributed by atoms with Crippen molar-refractivity contribution in [2.45, 2.75) is 71.3 Å². The molecule has 0 heterocycles. The van der Waals surface area contributed by atoms with Crippen LogP contribution in [0.15, 0.2) is 24.3 Å². The summed E-state index contributed by atoms with van der Waals surface area (Å²) in [7, 11) is -1.32. The van der Waals surface area contributed by atoms with E-state index in [0.717, 1.165) is 12.2 Å². The minimum atomic E-state index is -1.32. The van der Waals surface area contributed by atoms with Crippen molar-refractivity contribution >= 4 is 13.8 Å². The Labute approximate surface area is 146 Å². The molecule has 1 saturated carbocycles. The average molecular weight is 350 g/mol. The zero-order valence-corrected chi connectivity index (χ0v) is 16.8. The van der Waals surface area contributed by atoms with Gasteiger partial charge in [0.05, 0.1) is 19.1 Å². The molecule has 4 nitrogen and oxygen atoms in total. The molecular weight excluding hydrogens is 318 g/mol. The Hall–Kier alpha value is -1.36. The maximum Gasteiger partial charge on any atom is 0.269 e. The Balaban J connectivity index is 2.19. The van der Waals surface area contributed by atoms with E-state index in [1.807, 2.05) is 0 Å². The Bertz CT molecular complexity index is 572. The topological polar surface area (TPSA) is 52.4 Å². The number of nitro benzene ring substituents is 1. The molecule has 0 spiro atoms. The van der Waals surface area contributed by atoms with Crippen molar-refractivity contribution in [1.29, 1.82) is 0 Å². The Morgan fingerprint density at radius 2 is 1.71 bits per heavy atom.